The molecule has 0 fully saturated rings. The first-order valence-corrected chi connectivity index (χ1v) is 36.7. The van der Waals surface area contributed by atoms with Crippen molar-refractivity contribution in [2.45, 2.75) is 379 Å². The van der Waals surface area contributed by atoms with Crippen molar-refractivity contribution in [3.8, 4) is 0 Å². The van der Waals surface area contributed by atoms with E-state index in [-0.39, 0.29) is 19.1 Å². The molecule has 3 unspecified atom stereocenters. The Hall–Kier alpha value is -1.02. The lowest BCUT2D eigenvalue weighted by Gasteiger charge is -2.25. The van der Waals surface area contributed by atoms with Crippen molar-refractivity contribution in [1.29, 1.82) is 0 Å². The quantitative estimate of drug-likeness (QED) is 0.0243. The number of carbonyl (C=O) groups is 1. The summed E-state index contributed by atoms with van der Waals surface area (Å²) in [6.07, 6.45) is 80.4. The Morgan fingerprint density at radius 3 is 0.975 bits per heavy atom. The van der Waals surface area contributed by atoms with Crippen molar-refractivity contribution in [3.63, 3.8) is 0 Å². The van der Waals surface area contributed by atoms with Crippen LogP contribution in [0.2, 0.25) is 0 Å². The second-order valence-corrected chi connectivity index (χ2v) is 27.1. The minimum absolute atomic E-state index is 0.0643. The molecule has 9 heteroatoms. The Morgan fingerprint density at radius 1 is 0.418 bits per heavy atom. The van der Waals surface area contributed by atoms with Gasteiger partial charge in [-0.2, -0.15) is 0 Å². The van der Waals surface area contributed by atoms with Gasteiger partial charge < -0.3 is 19.8 Å². The molecule has 1 amide bonds. The molecule has 0 aliphatic carbocycles. The van der Waals surface area contributed by atoms with Crippen LogP contribution in [0.1, 0.15) is 367 Å². The summed E-state index contributed by atoms with van der Waals surface area (Å²) in [7, 11) is 1.59. The zero-order valence-electron chi connectivity index (χ0n) is 53.9. The Balaban J connectivity index is 4.02. The number of nitrogens with one attached hydrogen (secondary N) is 1. The van der Waals surface area contributed by atoms with E-state index in [9.17, 15) is 19.4 Å². The third kappa shape index (κ3) is 64.4. The van der Waals surface area contributed by atoms with Gasteiger partial charge in [0.15, 0.2) is 0 Å². The highest BCUT2D eigenvalue weighted by atomic mass is 31.2. The topological polar surface area (TPSA) is 105 Å². The van der Waals surface area contributed by atoms with E-state index in [0.717, 1.165) is 32.1 Å². The molecule has 0 saturated carbocycles. The third-order valence-corrected chi connectivity index (χ3v) is 17.4. The second kappa shape index (κ2) is 61.5. The number of phosphoric ester groups is 1. The maximum Gasteiger partial charge on any atom is 0.472 e. The number of aliphatic hydroxyl groups excluding tert-OH is 1. The number of allylic oxidation sites excluding steroid dienone is 3. The number of hydrogen-bond donors (Lipinski definition) is 3. The van der Waals surface area contributed by atoms with Crippen molar-refractivity contribution < 1.29 is 32.9 Å². The van der Waals surface area contributed by atoms with E-state index in [1.807, 2.05) is 27.2 Å². The number of nitrogens with zero attached hydrogens (tertiary/aromatic N) is 1. The van der Waals surface area contributed by atoms with Gasteiger partial charge in [0.2, 0.25) is 5.91 Å². The Morgan fingerprint density at radius 2 is 0.684 bits per heavy atom. The van der Waals surface area contributed by atoms with Crippen LogP contribution in [0.5, 0.6) is 0 Å². The lowest BCUT2D eigenvalue weighted by atomic mass is 10.0. The van der Waals surface area contributed by atoms with Gasteiger partial charge in [-0.3, -0.25) is 13.8 Å². The molecular formula is C70H140N2O6P+. The summed E-state index contributed by atoms with van der Waals surface area (Å²) < 4.78 is 23.8. The third-order valence-electron chi connectivity index (χ3n) is 16.4. The smallest absolute Gasteiger partial charge is 0.387 e. The zero-order valence-corrected chi connectivity index (χ0v) is 54.8. The van der Waals surface area contributed by atoms with Crippen molar-refractivity contribution in [2.24, 2.45) is 0 Å². The van der Waals surface area contributed by atoms with Gasteiger partial charge in [0.1, 0.15) is 13.2 Å². The van der Waals surface area contributed by atoms with Gasteiger partial charge in [0.05, 0.1) is 39.9 Å². The standard InChI is InChI=1S/C70H139N2O6P/c1-6-8-10-12-14-16-18-20-22-24-26-28-30-32-33-34-35-36-37-38-39-40-42-44-46-48-50-52-54-56-58-60-62-64-70(74)71-68(67-78-79(75,76)77-66-65-72(3,4)5)69(73)63-61-59-57-55-53-51-49-47-45-43-41-31-29-27-25-23-21-19-17-15-13-11-9-7-2/h32-33,61,63,68-69,73H,6-31,34-60,62,64-67H2,1-5H3,(H-,71,74,75,76)/p+1/b33-32-,63-61+. The van der Waals surface area contributed by atoms with Crippen molar-refractivity contribution in [1.82, 2.24) is 5.32 Å². The first-order chi connectivity index (χ1) is 38.5. The molecule has 0 spiro atoms. The van der Waals surface area contributed by atoms with E-state index in [0.29, 0.717) is 17.4 Å². The van der Waals surface area contributed by atoms with Crippen LogP contribution in [0.3, 0.4) is 0 Å². The monoisotopic (exact) mass is 1140 g/mol. The van der Waals surface area contributed by atoms with Crippen LogP contribution < -0.4 is 5.32 Å². The fourth-order valence-electron chi connectivity index (χ4n) is 10.9. The molecule has 0 saturated heterocycles. The van der Waals surface area contributed by atoms with Crippen LogP contribution >= 0.6 is 7.82 Å². The van der Waals surface area contributed by atoms with E-state index >= 15 is 0 Å². The lowest BCUT2D eigenvalue weighted by molar-refractivity contribution is -0.870. The number of quaternary nitrogens is 1. The van der Waals surface area contributed by atoms with Crippen LogP contribution in [0, 0.1) is 0 Å². The fraction of sp³-hybridized carbons (Fsp3) is 0.929. The average molecular weight is 1140 g/mol. The number of rotatable bonds is 66. The van der Waals surface area contributed by atoms with E-state index in [2.05, 4.69) is 31.3 Å². The minimum atomic E-state index is -4.35. The van der Waals surface area contributed by atoms with Crippen LogP contribution in [-0.2, 0) is 18.4 Å². The first kappa shape index (κ1) is 78.0. The molecule has 0 aliphatic rings. The molecule has 0 bridgehead atoms. The SMILES string of the molecule is CCCCCCCCCCCCCC/C=C\CCCCCCCCCCCCCCCCCCCC(=O)NC(COP(=O)(O)OCC[N+](C)(C)C)C(O)/C=C/CCCCCCCCCCCCCCCCCCCCCCCC. The molecule has 0 aliphatic heterocycles. The van der Waals surface area contributed by atoms with Gasteiger partial charge in [-0.05, 0) is 44.9 Å². The van der Waals surface area contributed by atoms with Gasteiger partial charge in [0.25, 0.3) is 0 Å². The Labute approximate surface area is 494 Å². The van der Waals surface area contributed by atoms with Crippen LogP contribution in [0.25, 0.3) is 0 Å². The number of unbranched alkanes of at least 4 members (excludes halogenated alkanes) is 51. The molecule has 3 N–H and O–H groups in total. The highest BCUT2D eigenvalue weighted by Gasteiger charge is 2.28. The molecule has 79 heavy (non-hydrogen) atoms. The predicted octanol–water partition coefficient (Wildman–Crippen LogP) is 22.3. The minimum Gasteiger partial charge on any atom is -0.387 e. The summed E-state index contributed by atoms with van der Waals surface area (Å²) in [4.78, 5) is 23.4. The summed E-state index contributed by atoms with van der Waals surface area (Å²) >= 11 is 0. The maximum absolute atomic E-state index is 13.0. The largest absolute Gasteiger partial charge is 0.472 e. The highest BCUT2D eigenvalue weighted by Crippen LogP contribution is 2.43. The van der Waals surface area contributed by atoms with E-state index in [1.54, 1.807) is 6.08 Å². The molecule has 0 rings (SSSR count). The highest BCUT2D eigenvalue weighted by molar-refractivity contribution is 7.47. The van der Waals surface area contributed by atoms with Gasteiger partial charge in [-0.1, -0.05) is 340 Å². The van der Waals surface area contributed by atoms with Crippen LogP contribution in [0.15, 0.2) is 24.3 Å². The van der Waals surface area contributed by atoms with E-state index < -0.39 is 20.0 Å². The summed E-state index contributed by atoms with van der Waals surface area (Å²) in [5, 5.41) is 14.0. The van der Waals surface area contributed by atoms with Crippen LogP contribution in [-0.4, -0.2) is 73.4 Å². The summed E-state index contributed by atoms with van der Waals surface area (Å²) in [5.74, 6) is -0.169. The number of phosphoric acid groups is 1. The summed E-state index contributed by atoms with van der Waals surface area (Å²) in [6.45, 7) is 4.88. The molecule has 0 aromatic rings. The number of carbonyl (C=O) groups excluding carboxylic acids is 1. The maximum atomic E-state index is 13.0. The predicted molar refractivity (Wildman–Crippen MR) is 346 cm³/mol. The second-order valence-electron chi connectivity index (χ2n) is 25.6. The Kier molecular flexibility index (Phi) is 60.7. The summed E-state index contributed by atoms with van der Waals surface area (Å²) in [5.41, 5.74) is 0. The molecule has 0 aromatic heterocycles. The lowest BCUT2D eigenvalue weighted by Crippen LogP contribution is -2.45. The van der Waals surface area contributed by atoms with Crippen molar-refractivity contribution >= 4 is 13.7 Å². The molecule has 8 nitrogen and oxygen atoms in total. The molecule has 0 heterocycles. The van der Waals surface area contributed by atoms with Crippen molar-refractivity contribution in [2.75, 3.05) is 40.9 Å². The molecule has 0 aromatic carbocycles. The number of likely N-dealkylation sites (N-methyl/N-ethyl adjacent to an activating group) is 1. The van der Waals surface area contributed by atoms with Crippen LogP contribution in [0.4, 0.5) is 0 Å². The Bertz CT molecular complexity index is 1340. The summed E-state index contributed by atoms with van der Waals surface area (Å²) in [6, 6.07) is -0.845. The van der Waals surface area contributed by atoms with Gasteiger partial charge in [0, 0.05) is 6.42 Å². The van der Waals surface area contributed by atoms with Gasteiger partial charge in [-0.25, -0.2) is 4.57 Å². The van der Waals surface area contributed by atoms with Crippen molar-refractivity contribution in [3.05, 3.63) is 24.3 Å². The van der Waals surface area contributed by atoms with Gasteiger partial charge in [-0.15, -0.1) is 0 Å². The zero-order chi connectivity index (χ0) is 57.7. The normalized spacial score (nSPS) is 13.8. The molecular weight excluding hydrogens is 996 g/mol. The number of hydrogen-bond acceptors (Lipinski definition) is 5. The van der Waals surface area contributed by atoms with E-state index in [4.69, 9.17) is 9.05 Å². The first-order valence-electron chi connectivity index (χ1n) is 35.2. The van der Waals surface area contributed by atoms with E-state index in [1.165, 1.54) is 315 Å². The molecule has 0 radical (unpaired) electrons. The molecule has 470 valence electrons. The van der Waals surface area contributed by atoms with Gasteiger partial charge >= 0.3 is 7.82 Å². The number of amides is 1. The average Bonchev–Trinajstić information content (AvgIpc) is 3.42. The number of aliphatic hydroxyl groups is 1. The molecule has 3 atom stereocenters. The fourth-order valence-corrected chi connectivity index (χ4v) is 11.7.